The third kappa shape index (κ3) is 6.26. The molecule has 0 fully saturated rings. The van der Waals surface area contributed by atoms with E-state index in [1.165, 1.54) is 32.0 Å². The summed E-state index contributed by atoms with van der Waals surface area (Å²) in [5, 5.41) is 16.2. The van der Waals surface area contributed by atoms with Crippen molar-refractivity contribution in [3.63, 3.8) is 0 Å². The number of nitrogens with zero attached hydrogens (tertiary/aromatic N) is 7. The van der Waals surface area contributed by atoms with Crippen LogP contribution in [0.3, 0.4) is 0 Å². The summed E-state index contributed by atoms with van der Waals surface area (Å²) in [5.74, 6) is 0.501. The molecule has 0 atom stereocenters. The number of likely N-dealkylation sites (N-methyl/N-ethyl adjacent to an activating group) is 2. The Balaban J connectivity index is 0.00000442. The van der Waals surface area contributed by atoms with Gasteiger partial charge in [-0.2, -0.15) is 0 Å². The van der Waals surface area contributed by atoms with Crippen LogP contribution in [-0.2, 0) is 23.0 Å². The highest BCUT2D eigenvalue weighted by atomic mass is 32.2. The molecule has 13 nitrogen and oxygen atoms in total. The molecule has 0 bridgehead atoms. The first-order valence-corrected chi connectivity index (χ1v) is 15.6. The van der Waals surface area contributed by atoms with Crippen LogP contribution in [0.1, 0.15) is 19.4 Å². The number of nitro groups is 1. The van der Waals surface area contributed by atoms with E-state index >= 15 is 0 Å². The topological polar surface area (TPSA) is 139 Å². The second-order valence-corrected chi connectivity index (χ2v) is 13.0. The van der Waals surface area contributed by atoms with Gasteiger partial charge in [-0.25, -0.2) is 18.4 Å². The molecule has 44 heavy (non-hydrogen) atoms. The summed E-state index contributed by atoms with van der Waals surface area (Å²) in [6.45, 7) is 2.12. The van der Waals surface area contributed by atoms with Crippen LogP contribution in [0.25, 0.3) is 22.2 Å². The predicted octanol–water partition coefficient (Wildman–Crippen LogP) is 4.73. The molecule has 0 saturated carbocycles. The third-order valence-electron chi connectivity index (χ3n) is 7.72. The summed E-state index contributed by atoms with van der Waals surface area (Å²) in [7, 11) is 4.99. The molecule has 0 spiro atoms. The first-order valence-electron chi connectivity index (χ1n) is 13.8. The predicted molar refractivity (Wildman–Crippen MR) is 176 cm³/mol. The van der Waals surface area contributed by atoms with Gasteiger partial charge in [-0.1, -0.05) is 25.6 Å². The molecule has 5 rings (SSSR count). The van der Waals surface area contributed by atoms with Crippen molar-refractivity contribution >= 4 is 49.6 Å². The molecule has 1 aliphatic heterocycles. The monoisotopic (exact) mass is 624 g/mol. The first kappa shape index (κ1) is 32.5. The number of hydrogen-bond acceptors (Lipinski definition) is 10. The number of methoxy groups -OCH3 is 1. The second-order valence-electron chi connectivity index (χ2n) is 11.0. The number of aryl methyl sites for hydroxylation is 2. The van der Waals surface area contributed by atoms with Crippen molar-refractivity contribution in [1.29, 1.82) is 0 Å². The summed E-state index contributed by atoms with van der Waals surface area (Å²) in [5.41, 5.74) is 4.45. The number of nitro benzene ring substituents is 1. The fourth-order valence-corrected chi connectivity index (χ4v) is 5.85. The second kappa shape index (κ2) is 12.7. The normalized spacial score (nSPS) is 12.6. The highest BCUT2D eigenvalue weighted by Crippen LogP contribution is 2.41. The van der Waals surface area contributed by atoms with E-state index < -0.39 is 14.9 Å². The minimum absolute atomic E-state index is 0. The number of anilines is 4. The van der Waals surface area contributed by atoms with Gasteiger partial charge in [0.05, 0.1) is 41.4 Å². The number of aromatic nitrogens is 3. The molecule has 2 aromatic carbocycles. The van der Waals surface area contributed by atoms with Crippen molar-refractivity contribution in [2.24, 2.45) is 0 Å². The van der Waals surface area contributed by atoms with E-state index in [9.17, 15) is 18.5 Å². The van der Waals surface area contributed by atoms with Crippen molar-refractivity contribution in [2.45, 2.75) is 26.8 Å². The number of benzene rings is 2. The molecule has 4 aromatic rings. The van der Waals surface area contributed by atoms with Gasteiger partial charge in [-0.15, -0.1) is 0 Å². The summed E-state index contributed by atoms with van der Waals surface area (Å²) in [6.07, 6.45) is 6.54. The van der Waals surface area contributed by atoms with Gasteiger partial charge in [0.1, 0.15) is 17.1 Å². The lowest BCUT2D eigenvalue weighted by Crippen LogP contribution is -2.29. The SMILES string of the molecule is C.COc1cc(N(C)CCN(C)C)c([N+](=O)[O-])cc1Nc1ncc(N(C)S(C)(=O)=O)c(-c2cn3c4c(cccc24)CCC3)n1. The summed E-state index contributed by atoms with van der Waals surface area (Å²) in [4.78, 5) is 24.7. The van der Waals surface area contributed by atoms with E-state index in [1.807, 2.05) is 42.2 Å². The number of sulfonamides is 1. The Bertz CT molecular complexity index is 1800. The average Bonchev–Trinajstić information content (AvgIpc) is 3.35. The molecule has 1 N–H and O–H groups in total. The minimum atomic E-state index is -3.63. The van der Waals surface area contributed by atoms with Crippen LogP contribution in [0.2, 0.25) is 0 Å². The molecule has 0 saturated heterocycles. The molecule has 236 valence electrons. The van der Waals surface area contributed by atoms with Gasteiger partial charge in [-0.05, 0) is 32.5 Å². The molecule has 3 heterocycles. The highest BCUT2D eigenvalue weighted by Gasteiger charge is 2.26. The fourth-order valence-electron chi connectivity index (χ4n) is 5.35. The lowest BCUT2D eigenvalue weighted by molar-refractivity contribution is -0.384. The zero-order valence-corrected chi connectivity index (χ0v) is 26.0. The maximum atomic E-state index is 12.6. The van der Waals surface area contributed by atoms with Gasteiger partial charge in [0, 0.05) is 63.0 Å². The number of nitrogens with one attached hydrogen (secondary N) is 1. The quantitative estimate of drug-likeness (QED) is 0.184. The third-order valence-corrected chi connectivity index (χ3v) is 8.91. The van der Waals surface area contributed by atoms with E-state index in [0.717, 1.165) is 46.4 Å². The molecule has 14 heteroatoms. The fraction of sp³-hybridized carbons (Fsp3) is 0.400. The Kier molecular flexibility index (Phi) is 9.35. The van der Waals surface area contributed by atoms with E-state index in [-0.39, 0.29) is 19.1 Å². The van der Waals surface area contributed by atoms with Crippen LogP contribution < -0.4 is 19.3 Å². The first-order chi connectivity index (χ1) is 20.4. The molecule has 2 aromatic heterocycles. The van der Waals surface area contributed by atoms with Gasteiger partial charge in [0.2, 0.25) is 16.0 Å². The van der Waals surface area contributed by atoms with Crippen molar-refractivity contribution < 1.29 is 18.1 Å². The molecule has 0 radical (unpaired) electrons. The molecular formula is C30H40N8O5S. The van der Waals surface area contributed by atoms with Gasteiger partial charge >= 0.3 is 0 Å². The zero-order chi connectivity index (χ0) is 31.1. The summed E-state index contributed by atoms with van der Waals surface area (Å²) in [6, 6.07) is 9.14. The smallest absolute Gasteiger partial charge is 0.294 e. The molecular weight excluding hydrogens is 584 g/mol. The number of rotatable bonds is 11. The van der Waals surface area contributed by atoms with E-state index in [4.69, 9.17) is 9.72 Å². The van der Waals surface area contributed by atoms with Crippen molar-refractivity contribution in [2.75, 3.05) is 69.2 Å². The van der Waals surface area contributed by atoms with Crippen LogP contribution in [0.5, 0.6) is 5.75 Å². The van der Waals surface area contributed by atoms with Crippen molar-refractivity contribution in [3.8, 4) is 17.0 Å². The number of hydrogen-bond donors (Lipinski definition) is 1. The maximum absolute atomic E-state index is 12.6. The minimum Gasteiger partial charge on any atom is -0.494 e. The van der Waals surface area contributed by atoms with Crippen LogP contribution in [-0.4, -0.2) is 87.4 Å². The summed E-state index contributed by atoms with van der Waals surface area (Å²) >= 11 is 0. The Morgan fingerprint density at radius 2 is 1.89 bits per heavy atom. The lowest BCUT2D eigenvalue weighted by Gasteiger charge is -2.23. The lowest BCUT2D eigenvalue weighted by atomic mass is 10.0. The largest absolute Gasteiger partial charge is 0.494 e. The van der Waals surface area contributed by atoms with E-state index in [1.54, 1.807) is 13.1 Å². The zero-order valence-electron chi connectivity index (χ0n) is 25.2. The van der Waals surface area contributed by atoms with Crippen LogP contribution in [0, 0.1) is 10.1 Å². The van der Waals surface area contributed by atoms with Gasteiger partial charge in [0.25, 0.3) is 5.69 Å². The van der Waals surface area contributed by atoms with Crippen LogP contribution >= 0.6 is 0 Å². The van der Waals surface area contributed by atoms with Crippen LogP contribution in [0.4, 0.5) is 28.7 Å². The molecule has 0 unspecified atom stereocenters. The van der Waals surface area contributed by atoms with Gasteiger partial charge in [0.15, 0.2) is 0 Å². The van der Waals surface area contributed by atoms with Crippen molar-refractivity contribution in [3.05, 3.63) is 58.4 Å². The Labute approximate surface area is 258 Å². The van der Waals surface area contributed by atoms with E-state index in [2.05, 4.69) is 20.9 Å². The van der Waals surface area contributed by atoms with Crippen molar-refractivity contribution in [1.82, 2.24) is 19.4 Å². The highest BCUT2D eigenvalue weighted by molar-refractivity contribution is 7.92. The molecule has 0 aliphatic carbocycles. The maximum Gasteiger partial charge on any atom is 0.294 e. The molecule has 0 amide bonds. The van der Waals surface area contributed by atoms with Gasteiger partial charge < -0.3 is 24.4 Å². The number of ether oxygens (including phenoxy) is 1. The average molecular weight is 625 g/mol. The van der Waals surface area contributed by atoms with E-state index in [0.29, 0.717) is 41.6 Å². The van der Waals surface area contributed by atoms with Crippen LogP contribution in [0.15, 0.2) is 42.7 Å². The molecule has 1 aliphatic rings. The Hall–Kier alpha value is -4.43. The Morgan fingerprint density at radius 1 is 1.14 bits per heavy atom. The standard InChI is InChI=1S/C29H36N8O5S.CH4/c1-33(2)13-14-34(3)23-16-26(42-5)22(15-24(23)37(38)39)31-29-30-17-25(35(4)43(6,40)41)27(32-29)21-18-36-12-8-10-19-9-7-11-20(21)28(19)36;/h7,9,11,15-18H,8,10,12-14H2,1-6H3,(H,30,31,32);1H4. The Morgan fingerprint density at radius 3 is 2.55 bits per heavy atom. The van der Waals surface area contributed by atoms with Gasteiger partial charge in [-0.3, -0.25) is 14.4 Å². The number of para-hydroxylation sites is 1. The summed E-state index contributed by atoms with van der Waals surface area (Å²) < 4.78 is 34.2.